The summed E-state index contributed by atoms with van der Waals surface area (Å²) in [5.74, 6) is -1.64. The molecule has 0 radical (unpaired) electrons. The van der Waals surface area contributed by atoms with E-state index in [1.807, 2.05) is 0 Å². The van der Waals surface area contributed by atoms with Gasteiger partial charge in [-0.25, -0.2) is 4.39 Å². The van der Waals surface area contributed by atoms with Gasteiger partial charge < -0.3 is 9.88 Å². The molecule has 0 saturated heterocycles. The molecular formula is C14H15FN2O2. The molecule has 1 heterocycles. The maximum atomic E-state index is 13.4. The average Bonchev–Trinajstić information content (AvgIpc) is 2.79. The zero-order valence-corrected chi connectivity index (χ0v) is 11.1. The van der Waals surface area contributed by atoms with E-state index in [0.29, 0.717) is 23.0 Å². The van der Waals surface area contributed by atoms with Gasteiger partial charge in [-0.1, -0.05) is 0 Å². The first kappa shape index (κ1) is 13.3. The van der Waals surface area contributed by atoms with Crippen molar-refractivity contribution in [3.8, 4) is 0 Å². The van der Waals surface area contributed by atoms with E-state index in [1.165, 1.54) is 23.2 Å². The van der Waals surface area contributed by atoms with Crippen LogP contribution in [0.5, 0.6) is 0 Å². The fraction of sp³-hybridized carbons (Fsp3) is 0.286. The van der Waals surface area contributed by atoms with Crippen molar-refractivity contribution < 1.29 is 14.0 Å². The fourth-order valence-corrected chi connectivity index (χ4v) is 1.99. The van der Waals surface area contributed by atoms with Crippen LogP contribution in [0.4, 0.5) is 4.39 Å². The van der Waals surface area contributed by atoms with Gasteiger partial charge in [0.25, 0.3) is 11.7 Å². The van der Waals surface area contributed by atoms with Crippen LogP contribution in [0.2, 0.25) is 0 Å². The maximum absolute atomic E-state index is 13.4. The number of likely N-dealkylation sites (N-methyl/N-ethyl adjacent to an activating group) is 1. The summed E-state index contributed by atoms with van der Waals surface area (Å²) in [4.78, 5) is 28.2. The van der Waals surface area contributed by atoms with Gasteiger partial charge in [-0.05, 0) is 31.5 Å². The molecule has 0 unspecified atom stereocenters. The molecule has 0 fully saturated rings. The number of ketones is 1. The second-order valence-corrected chi connectivity index (χ2v) is 4.50. The second-order valence-electron chi connectivity index (χ2n) is 4.50. The van der Waals surface area contributed by atoms with Gasteiger partial charge in [0.15, 0.2) is 0 Å². The lowest BCUT2D eigenvalue weighted by atomic mass is 10.1. The van der Waals surface area contributed by atoms with Crippen LogP contribution < -0.4 is 0 Å². The summed E-state index contributed by atoms with van der Waals surface area (Å²) in [5.41, 5.74) is 1.59. The lowest BCUT2D eigenvalue weighted by Gasteiger charge is -2.12. The van der Waals surface area contributed by atoms with E-state index < -0.39 is 17.5 Å². The Balaban J connectivity index is 2.52. The minimum atomic E-state index is -0.624. The molecule has 1 N–H and O–H groups in total. The zero-order valence-electron chi connectivity index (χ0n) is 11.1. The lowest BCUT2D eigenvalue weighted by molar-refractivity contribution is -0.125. The summed E-state index contributed by atoms with van der Waals surface area (Å²) >= 11 is 0. The quantitative estimate of drug-likeness (QED) is 0.681. The Morgan fingerprint density at radius 2 is 2.05 bits per heavy atom. The second kappa shape index (κ2) is 4.84. The third-order valence-electron chi connectivity index (χ3n) is 3.21. The smallest absolute Gasteiger partial charge is 0.294 e. The number of benzene rings is 1. The first-order valence-corrected chi connectivity index (χ1v) is 6.02. The standard InChI is InChI=1S/C14H15FN2O2/c1-4-17(3)14(19)13(18)11-7-16-12-8(2)5-9(15)6-10(11)12/h5-7,16H,4H2,1-3H3. The summed E-state index contributed by atoms with van der Waals surface area (Å²) in [6, 6.07) is 2.65. The molecule has 0 bridgehead atoms. The molecule has 0 aliphatic carbocycles. The number of rotatable bonds is 3. The summed E-state index contributed by atoms with van der Waals surface area (Å²) in [5, 5.41) is 0.445. The molecule has 5 heteroatoms. The Labute approximate surface area is 110 Å². The molecule has 0 atom stereocenters. The highest BCUT2D eigenvalue weighted by atomic mass is 19.1. The van der Waals surface area contributed by atoms with Crippen LogP contribution in [-0.4, -0.2) is 35.2 Å². The summed E-state index contributed by atoms with van der Waals surface area (Å²) < 4.78 is 13.4. The number of H-pyrrole nitrogens is 1. The lowest BCUT2D eigenvalue weighted by Crippen LogP contribution is -2.32. The molecule has 0 spiro atoms. The summed E-state index contributed by atoms with van der Waals surface area (Å²) in [6.45, 7) is 3.97. The number of carbonyl (C=O) groups excluding carboxylic acids is 2. The van der Waals surface area contributed by atoms with E-state index in [-0.39, 0.29) is 5.56 Å². The van der Waals surface area contributed by atoms with E-state index in [2.05, 4.69) is 4.98 Å². The number of aromatic nitrogens is 1. The molecule has 0 aliphatic rings. The highest BCUT2D eigenvalue weighted by Crippen LogP contribution is 2.23. The van der Waals surface area contributed by atoms with Gasteiger partial charge in [0.2, 0.25) is 0 Å². The number of Topliss-reactive ketones (excluding diaryl/α,β-unsaturated/α-hetero) is 1. The van der Waals surface area contributed by atoms with Crippen LogP contribution in [0.15, 0.2) is 18.3 Å². The van der Waals surface area contributed by atoms with Gasteiger partial charge >= 0.3 is 0 Å². The van der Waals surface area contributed by atoms with Crippen molar-refractivity contribution in [2.24, 2.45) is 0 Å². The Kier molecular flexibility index (Phi) is 3.38. The van der Waals surface area contributed by atoms with Crippen molar-refractivity contribution in [1.29, 1.82) is 0 Å². The SMILES string of the molecule is CCN(C)C(=O)C(=O)c1c[nH]c2c(C)cc(F)cc12. The number of hydrogen-bond acceptors (Lipinski definition) is 2. The number of carbonyl (C=O) groups is 2. The van der Waals surface area contributed by atoms with E-state index in [4.69, 9.17) is 0 Å². The van der Waals surface area contributed by atoms with Crippen LogP contribution in [0.25, 0.3) is 10.9 Å². The van der Waals surface area contributed by atoms with E-state index in [9.17, 15) is 14.0 Å². The monoisotopic (exact) mass is 262 g/mol. The van der Waals surface area contributed by atoms with E-state index in [0.717, 1.165) is 0 Å². The number of nitrogens with zero attached hydrogens (tertiary/aromatic N) is 1. The van der Waals surface area contributed by atoms with Crippen molar-refractivity contribution in [2.75, 3.05) is 13.6 Å². The van der Waals surface area contributed by atoms with Gasteiger partial charge in [0.05, 0.1) is 5.56 Å². The largest absolute Gasteiger partial charge is 0.360 e. The molecule has 1 amide bonds. The van der Waals surface area contributed by atoms with Crippen LogP contribution in [-0.2, 0) is 4.79 Å². The molecule has 1 aromatic heterocycles. The van der Waals surface area contributed by atoms with Crippen molar-refractivity contribution in [3.63, 3.8) is 0 Å². The van der Waals surface area contributed by atoms with Crippen molar-refractivity contribution in [2.45, 2.75) is 13.8 Å². The van der Waals surface area contributed by atoms with Gasteiger partial charge in [-0.2, -0.15) is 0 Å². The molecule has 2 rings (SSSR count). The Morgan fingerprint density at radius 1 is 1.37 bits per heavy atom. The molecule has 4 nitrogen and oxygen atoms in total. The van der Waals surface area contributed by atoms with Crippen LogP contribution in [0.3, 0.4) is 0 Å². The first-order valence-electron chi connectivity index (χ1n) is 6.02. The highest BCUT2D eigenvalue weighted by molar-refractivity contribution is 6.44. The molecular weight excluding hydrogens is 247 g/mol. The number of amides is 1. The number of hydrogen-bond donors (Lipinski definition) is 1. The molecule has 1 aromatic carbocycles. The van der Waals surface area contributed by atoms with Gasteiger partial charge in [-0.3, -0.25) is 9.59 Å². The number of aryl methyl sites for hydroxylation is 1. The number of halogens is 1. The fourth-order valence-electron chi connectivity index (χ4n) is 1.99. The zero-order chi connectivity index (χ0) is 14.2. The number of nitrogens with one attached hydrogen (secondary N) is 1. The van der Waals surface area contributed by atoms with Crippen molar-refractivity contribution in [3.05, 3.63) is 35.3 Å². The molecule has 0 saturated carbocycles. The predicted molar refractivity (Wildman–Crippen MR) is 70.6 cm³/mol. The minimum absolute atomic E-state index is 0.211. The summed E-state index contributed by atoms with van der Waals surface area (Å²) in [6.07, 6.45) is 1.46. The van der Waals surface area contributed by atoms with Crippen LogP contribution in [0.1, 0.15) is 22.8 Å². The van der Waals surface area contributed by atoms with Crippen molar-refractivity contribution >= 4 is 22.6 Å². The maximum Gasteiger partial charge on any atom is 0.294 e. The predicted octanol–water partition coefficient (Wildman–Crippen LogP) is 2.28. The molecule has 2 aromatic rings. The number of aromatic amines is 1. The van der Waals surface area contributed by atoms with Gasteiger partial charge in [0.1, 0.15) is 5.82 Å². The van der Waals surface area contributed by atoms with Crippen LogP contribution >= 0.6 is 0 Å². The highest BCUT2D eigenvalue weighted by Gasteiger charge is 2.23. The molecule has 100 valence electrons. The average molecular weight is 262 g/mol. The third-order valence-corrected chi connectivity index (χ3v) is 3.21. The first-order chi connectivity index (χ1) is 8.95. The van der Waals surface area contributed by atoms with Gasteiger partial charge in [0, 0.05) is 30.7 Å². The van der Waals surface area contributed by atoms with Crippen LogP contribution in [0, 0.1) is 12.7 Å². The topological polar surface area (TPSA) is 53.2 Å². The Hall–Kier alpha value is -2.17. The normalized spacial score (nSPS) is 10.7. The summed E-state index contributed by atoms with van der Waals surface area (Å²) in [7, 11) is 1.56. The molecule has 0 aliphatic heterocycles. The van der Waals surface area contributed by atoms with Crippen molar-refractivity contribution in [1.82, 2.24) is 9.88 Å². The Morgan fingerprint density at radius 3 is 2.68 bits per heavy atom. The third kappa shape index (κ3) is 2.23. The van der Waals surface area contributed by atoms with E-state index in [1.54, 1.807) is 20.9 Å². The minimum Gasteiger partial charge on any atom is -0.360 e. The van der Waals surface area contributed by atoms with Gasteiger partial charge in [-0.15, -0.1) is 0 Å². The Bertz CT molecular complexity index is 661. The number of fused-ring (bicyclic) bond motifs is 1. The van der Waals surface area contributed by atoms with E-state index >= 15 is 0 Å². The molecule has 19 heavy (non-hydrogen) atoms.